The number of carbonyl (C=O) groups excluding carboxylic acids is 1. The smallest absolute Gasteiger partial charge is 0.405 e. The summed E-state index contributed by atoms with van der Waals surface area (Å²) in [5.74, 6) is -0.330. The molecule has 1 fully saturated rings. The van der Waals surface area contributed by atoms with Gasteiger partial charge in [0.25, 0.3) is 0 Å². The van der Waals surface area contributed by atoms with Crippen LogP contribution in [0.25, 0.3) is 0 Å². The van der Waals surface area contributed by atoms with Crippen molar-refractivity contribution < 1.29 is 23.1 Å². The molecule has 0 bridgehead atoms. The Kier molecular flexibility index (Phi) is 8.87. The monoisotopic (exact) mass is 426 g/mol. The van der Waals surface area contributed by atoms with Crippen molar-refractivity contribution in [1.82, 2.24) is 14.9 Å². The van der Waals surface area contributed by atoms with E-state index in [0.717, 1.165) is 12.0 Å². The van der Waals surface area contributed by atoms with Crippen LogP contribution in [0.4, 0.5) is 4.79 Å². The van der Waals surface area contributed by atoms with Crippen LogP contribution in [0.1, 0.15) is 31.2 Å². The summed E-state index contributed by atoms with van der Waals surface area (Å²) in [7, 11) is -3.43. The molecule has 9 nitrogen and oxygen atoms in total. The Bertz CT molecular complexity index is 772. The lowest BCUT2D eigenvalue weighted by atomic mass is 10.0. The molecular weight excluding hydrogens is 396 g/mol. The highest BCUT2D eigenvalue weighted by atomic mass is 32.2. The van der Waals surface area contributed by atoms with Crippen LogP contribution in [0.3, 0.4) is 0 Å². The number of carbonyl (C=O) groups is 2. The number of rotatable bonds is 11. The third kappa shape index (κ3) is 7.64. The Morgan fingerprint density at radius 2 is 1.97 bits per heavy atom. The minimum atomic E-state index is -3.43. The standard InChI is InChI=1S/C19H30N4O5S/c20-10-4-5-12-29(27,28)21-14-16-9-6-11-23(16)18(24)17(22-19(25)26)13-15-7-2-1-3-8-15/h1-3,7-8,16-17,21-22H,4-6,9-14,20H2,(H,25,26). The number of sulfonamides is 1. The van der Waals surface area contributed by atoms with E-state index in [-0.39, 0.29) is 30.7 Å². The second kappa shape index (κ2) is 11.1. The van der Waals surface area contributed by atoms with Crippen molar-refractivity contribution >= 4 is 22.0 Å². The molecule has 162 valence electrons. The highest BCUT2D eigenvalue weighted by molar-refractivity contribution is 7.89. The summed E-state index contributed by atoms with van der Waals surface area (Å²) in [5.41, 5.74) is 6.24. The molecule has 1 aromatic rings. The topological polar surface area (TPSA) is 142 Å². The molecule has 5 N–H and O–H groups in total. The number of hydrogen-bond donors (Lipinski definition) is 4. The van der Waals surface area contributed by atoms with Crippen molar-refractivity contribution in [3.63, 3.8) is 0 Å². The molecule has 0 saturated carbocycles. The van der Waals surface area contributed by atoms with E-state index in [1.807, 2.05) is 30.3 Å². The number of hydrogen-bond acceptors (Lipinski definition) is 5. The molecule has 0 radical (unpaired) electrons. The Morgan fingerprint density at radius 1 is 1.24 bits per heavy atom. The van der Waals surface area contributed by atoms with E-state index in [2.05, 4.69) is 10.0 Å². The van der Waals surface area contributed by atoms with Crippen molar-refractivity contribution in [3.05, 3.63) is 35.9 Å². The van der Waals surface area contributed by atoms with Crippen molar-refractivity contribution in [2.24, 2.45) is 5.73 Å². The van der Waals surface area contributed by atoms with Crippen LogP contribution < -0.4 is 15.8 Å². The van der Waals surface area contributed by atoms with Gasteiger partial charge in [0.2, 0.25) is 15.9 Å². The zero-order valence-corrected chi connectivity index (χ0v) is 17.2. The Morgan fingerprint density at radius 3 is 2.62 bits per heavy atom. The fourth-order valence-electron chi connectivity index (χ4n) is 3.47. The van der Waals surface area contributed by atoms with Gasteiger partial charge in [-0.25, -0.2) is 17.9 Å². The largest absolute Gasteiger partial charge is 0.465 e. The van der Waals surface area contributed by atoms with E-state index in [0.29, 0.717) is 32.4 Å². The molecule has 1 aromatic carbocycles. The van der Waals surface area contributed by atoms with Crippen LogP contribution >= 0.6 is 0 Å². The van der Waals surface area contributed by atoms with E-state index < -0.39 is 22.2 Å². The molecule has 1 saturated heterocycles. The molecule has 2 rings (SSSR count). The quantitative estimate of drug-likeness (QED) is 0.380. The van der Waals surface area contributed by atoms with Gasteiger partial charge in [-0.1, -0.05) is 30.3 Å². The van der Waals surface area contributed by atoms with Crippen LogP contribution in [0.15, 0.2) is 30.3 Å². The zero-order chi connectivity index (χ0) is 21.3. The zero-order valence-electron chi connectivity index (χ0n) is 16.4. The molecular formula is C19H30N4O5S. The van der Waals surface area contributed by atoms with Gasteiger partial charge in [0.15, 0.2) is 0 Å². The second-order valence-electron chi connectivity index (χ2n) is 7.18. The van der Waals surface area contributed by atoms with Gasteiger partial charge in [0.05, 0.1) is 5.75 Å². The molecule has 2 atom stereocenters. The molecule has 10 heteroatoms. The fourth-order valence-corrected chi connectivity index (χ4v) is 4.64. The lowest BCUT2D eigenvalue weighted by Gasteiger charge is -2.29. The summed E-state index contributed by atoms with van der Waals surface area (Å²) >= 11 is 0. The van der Waals surface area contributed by atoms with Gasteiger partial charge in [-0.3, -0.25) is 4.79 Å². The van der Waals surface area contributed by atoms with Gasteiger partial charge in [-0.05, 0) is 37.8 Å². The van der Waals surface area contributed by atoms with Crippen LogP contribution in [-0.2, 0) is 21.2 Å². The Labute approximate surface area is 171 Å². The van der Waals surface area contributed by atoms with E-state index in [1.165, 1.54) is 0 Å². The first-order chi connectivity index (χ1) is 13.8. The van der Waals surface area contributed by atoms with E-state index >= 15 is 0 Å². The lowest BCUT2D eigenvalue weighted by Crippen LogP contribution is -2.52. The molecule has 0 spiro atoms. The molecule has 29 heavy (non-hydrogen) atoms. The van der Waals surface area contributed by atoms with Gasteiger partial charge >= 0.3 is 6.09 Å². The number of amides is 2. The highest BCUT2D eigenvalue weighted by Crippen LogP contribution is 2.19. The van der Waals surface area contributed by atoms with Gasteiger partial charge in [0, 0.05) is 25.6 Å². The molecule has 2 amide bonds. The fraction of sp³-hybridized carbons (Fsp3) is 0.579. The second-order valence-corrected chi connectivity index (χ2v) is 9.11. The average molecular weight is 427 g/mol. The summed E-state index contributed by atoms with van der Waals surface area (Å²) in [6, 6.07) is 7.96. The first-order valence-corrected chi connectivity index (χ1v) is 11.5. The van der Waals surface area contributed by atoms with Gasteiger partial charge < -0.3 is 21.1 Å². The summed E-state index contributed by atoms with van der Waals surface area (Å²) in [5, 5.41) is 11.5. The first kappa shape index (κ1) is 23.1. The van der Waals surface area contributed by atoms with E-state index in [4.69, 9.17) is 10.8 Å². The number of carboxylic acid groups (broad SMARTS) is 1. The van der Waals surface area contributed by atoms with Crippen LogP contribution in [0.5, 0.6) is 0 Å². The van der Waals surface area contributed by atoms with Crippen LogP contribution in [0, 0.1) is 0 Å². The summed E-state index contributed by atoms with van der Waals surface area (Å²) in [6.07, 6.45) is 1.51. The predicted molar refractivity (Wildman–Crippen MR) is 110 cm³/mol. The van der Waals surface area contributed by atoms with Crippen molar-refractivity contribution in [1.29, 1.82) is 0 Å². The number of unbranched alkanes of at least 4 members (excludes halogenated alkanes) is 1. The molecule has 0 aromatic heterocycles. The van der Waals surface area contributed by atoms with E-state index in [1.54, 1.807) is 4.90 Å². The number of nitrogens with two attached hydrogens (primary N) is 1. The van der Waals surface area contributed by atoms with Gasteiger partial charge in [-0.2, -0.15) is 0 Å². The van der Waals surface area contributed by atoms with E-state index in [9.17, 15) is 18.0 Å². The molecule has 1 aliphatic rings. The van der Waals surface area contributed by atoms with Crippen LogP contribution in [-0.4, -0.2) is 67.9 Å². The molecule has 0 aliphatic carbocycles. The van der Waals surface area contributed by atoms with Crippen LogP contribution in [0.2, 0.25) is 0 Å². The van der Waals surface area contributed by atoms with Gasteiger partial charge in [0.1, 0.15) is 6.04 Å². The maximum atomic E-state index is 13.0. The minimum absolute atomic E-state index is 0.00205. The molecule has 2 unspecified atom stereocenters. The third-order valence-corrected chi connectivity index (χ3v) is 6.38. The third-order valence-electron chi connectivity index (χ3n) is 4.94. The lowest BCUT2D eigenvalue weighted by molar-refractivity contribution is -0.134. The summed E-state index contributed by atoms with van der Waals surface area (Å²) < 4.78 is 26.8. The number of likely N-dealkylation sites (tertiary alicyclic amines) is 1. The SMILES string of the molecule is NCCCCS(=O)(=O)NCC1CCCN1C(=O)C(Cc1ccccc1)NC(=O)O. The normalized spacial score (nSPS) is 17.8. The maximum Gasteiger partial charge on any atom is 0.405 e. The van der Waals surface area contributed by atoms with Crippen molar-refractivity contribution in [2.75, 3.05) is 25.4 Å². The van der Waals surface area contributed by atoms with Crippen molar-refractivity contribution in [3.8, 4) is 0 Å². The summed E-state index contributed by atoms with van der Waals surface area (Å²) in [4.78, 5) is 25.8. The molecule has 1 aliphatic heterocycles. The first-order valence-electron chi connectivity index (χ1n) is 9.83. The number of benzene rings is 1. The predicted octanol–water partition coefficient (Wildman–Crippen LogP) is 0.515. The number of nitrogens with zero attached hydrogens (tertiary/aromatic N) is 1. The van der Waals surface area contributed by atoms with Gasteiger partial charge in [-0.15, -0.1) is 0 Å². The molecule has 1 heterocycles. The minimum Gasteiger partial charge on any atom is -0.465 e. The summed E-state index contributed by atoms with van der Waals surface area (Å²) in [6.45, 7) is 1.05. The average Bonchev–Trinajstić information content (AvgIpc) is 3.15. The Hall–Kier alpha value is -2.17. The maximum absolute atomic E-state index is 13.0. The number of nitrogens with one attached hydrogen (secondary N) is 2. The highest BCUT2D eigenvalue weighted by Gasteiger charge is 2.34. The van der Waals surface area contributed by atoms with Crippen molar-refractivity contribution in [2.45, 2.75) is 44.2 Å². The Balaban J connectivity index is 2.00.